The first-order valence-corrected chi connectivity index (χ1v) is 16.8. The molecule has 5 rings (SSSR count). The summed E-state index contributed by atoms with van der Waals surface area (Å²) < 4.78 is 34.6. The Bertz CT molecular complexity index is 1370. The first-order chi connectivity index (χ1) is 23.0. The number of rotatable bonds is 16. The standard InChI is InChI=1S/C38H50N2O7/c1-29(24-43-3)25-44-26-31-10-13-33(14-11-31)35-16-15-34(23-40(35)38(41)47-27-30-8-5-4-6-9-30)46-28-32-12-17-37-36(22-32)39(19-21-45-37)18-7-20-42-2/h4-6,8-14,17,22,29,34-35H,7,15-16,18-21,23-28H2,1-3H3/t29-,34?,35?/m0/s1. The molecule has 2 unspecified atom stereocenters. The zero-order chi connectivity index (χ0) is 32.8. The smallest absolute Gasteiger partial charge is 0.410 e. The molecule has 2 aliphatic rings. The highest BCUT2D eigenvalue weighted by Gasteiger charge is 2.34. The van der Waals surface area contributed by atoms with Crippen LogP contribution >= 0.6 is 0 Å². The molecule has 9 heteroatoms. The number of piperidine rings is 1. The molecule has 0 aliphatic carbocycles. The Kier molecular flexibility index (Phi) is 13.3. The van der Waals surface area contributed by atoms with E-state index in [1.54, 1.807) is 14.2 Å². The van der Waals surface area contributed by atoms with Crippen LogP contribution < -0.4 is 9.64 Å². The molecule has 0 spiro atoms. The number of hydrogen-bond donors (Lipinski definition) is 0. The number of nitrogens with zero attached hydrogens (tertiary/aromatic N) is 2. The average molecular weight is 647 g/mol. The van der Waals surface area contributed by atoms with Gasteiger partial charge in [0.2, 0.25) is 0 Å². The molecule has 3 atom stereocenters. The molecule has 0 bridgehead atoms. The molecular formula is C38H50N2O7. The van der Waals surface area contributed by atoms with Crippen molar-refractivity contribution in [2.45, 2.75) is 58.2 Å². The van der Waals surface area contributed by atoms with Crippen LogP contribution in [-0.4, -0.2) is 77.4 Å². The van der Waals surface area contributed by atoms with Gasteiger partial charge in [0.15, 0.2) is 0 Å². The number of benzene rings is 3. The fourth-order valence-electron chi connectivity index (χ4n) is 6.22. The van der Waals surface area contributed by atoms with Crippen LogP contribution in [0.15, 0.2) is 72.8 Å². The highest BCUT2D eigenvalue weighted by Crippen LogP contribution is 2.35. The quantitative estimate of drug-likeness (QED) is 0.158. The van der Waals surface area contributed by atoms with Gasteiger partial charge in [0.1, 0.15) is 19.0 Å². The summed E-state index contributed by atoms with van der Waals surface area (Å²) in [6, 6.07) is 24.3. The summed E-state index contributed by atoms with van der Waals surface area (Å²) in [4.78, 5) is 17.8. The lowest BCUT2D eigenvalue weighted by Crippen LogP contribution is -2.45. The summed E-state index contributed by atoms with van der Waals surface area (Å²) in [5.74, 6) is 1.25. The van der Waals surface area contributed by atoms with E-state index in [1.165, 1.54) is 0 Å². The Hall–Kier alpha value is -3.63. The Balaban J connectivity index is 1.22. The molecule has 2 heterocycles. The van der Waals surface area contributed by atoms with Crippen molar-refractivity contribution in [2.24, 2.45) is 5.92 Å². The van der Waals surface area contributed by atoms with Crippen molar-refractivity contribution < 1.29 is 33.2 Å². The van der Waals surface area contributed by atoms with Crippen LogP contribution in [0.1, 0.15) is 54.5 Å². The summed E-state index contributed by atoms with van der Waals surface area (Å²) in [6.45, 7) is 8.30. The molecule has 2 aliphatic heterocycles. The maximum absolute atomic E-state index is 13.6. The molecule has 0 saturated carbocycles. The summed E-state index contributed by atoms with van der Waals surface area (Å²) in [6.07, 6.45) is 2.14. The Morgan fingerprint density at radius 2 is 1.68 bits per heavy atom. The molecule has 3 aromatic carbocycles. The third-order valence-electron chi connectivity index (χ3n) is 8.71. The lowest BCUT2D eigenvalue weighted by molar-refractivity contribution is -0.0289. The fraction of sp³-hybridized carbons (Fsp3) is 0.500. The highest BCUT2D eigenvalue weighted by atomic mass is 16.6. The number of carbonyl (C=O) groups is 1. The highest BCUT2D eigenvalue weighted by molar-refractivity contribution is 5.68. The molecule has 0 radical (unpaired) electrons. The van der Waals surface area contributed by atoms with Crippen molar-refractivity contribution in [3.8, 4) is 5.75 Å². The average Bonchev–Trinajstić information content (AvgIpc) is 3.10. The third-order valence-corrected chi connectivity index (χ3v) is 8.71. The van der Waals surface area contributed by atoms with Crippen molar-refractivity contribution >= 4 is 11.8 Å². The number of fused-ring (bicyclic) bond motifs is 1. The van der Waals surface area contributed by atoms with Gasteiger partial charge in [0, 0.05) is 33.3 Å². The monoisotopic (exact) mass is 646 g/mol. The zero-order valence-electron chi connectivity index (χ0n) is 28.1. The second kappa shape index (κ2) is 18.1. The van der Waals surface area contributed by atoms with Crippen molar-refractivity contribution in [2.75, 3.05) is 65.2 Å². The van der Waals surface area contributed by atoms with Gasteiger partial charge in [-0.3, -0.25) is 4.90 Å². The predicted molar refractivity (Wildman–Crippen MR) is 182 cm³/mol. The van der Waals surface area contributed by atoms with E-state index in [1.807, 2.05) is 41.3 Å². The third kappa shape index (κ3) is 10.2. The number of hydrogen-bond acceptors (Lipinski definition) is 8. The number of anilines is 1. The Morgan fingerprint density at radius 3 is 2.47 bits per heavy atom. The summed E-state index contributed by atoms with van der Waals surface area (Å²) in [7, 11) is 3.44. The number of methoxy groups -OCH3 is 2. The van der Waals surface area contributed by atoms with Crippen LogP contribution in [0.4, 0.5) is 10.5 Å². The number of ether oxygens (including phenoxy) is 6. The zero-order valence-corrected chi connectivity index (χ0v) is 28.1. The van der Waals surface area contributed by atoms with Crippen molar-refractivity contribution in [1.29, 1.82) is 0 Å². The molecule has 0 N–H and O–H groups in total. The maximum Gasteiger partial charge on any atom is 0.410 e. The van der Waals surface area contributed by atoms with Crippen molar-refractivity contribution in [3.05, 3.63) is 95.1 Å². The first kappa shape index (κ1) is 34.7. The molecular weight excluding hydrogens is 596 g/mol. The molecule has 254 valence electrons. The summed E-state index contributed by atoms with van der Waals surface area (Å²) >= 11 is 0. The first-order valence-electron chi connectivity index (χ1n) is 16.8. The van der Waals surface area contributed by atoms with Crippen LogP contribution in [0.3, 0.4) is 0 Å². The molecule has 3 aromatic rings. The van der Waals surface area contributed by atoms with E-state index in [0.29, 0.717) is 45.5 Å². The molecule has 1 amide bonds. The van der Waals surface area contributed by atoms with Gasteiger partial charge in [-0.15, -0.1) is 0 Å². The van der Waals surface area contributed by atoms with Gasteiger partial charge in [-0.1, -0.05) is 67.6 Å². The summed E-state index contributed by atoms with van der Waals surface area (Å²) in [5, 5.41) is 0. The van der Waals surface area contributed by atoms with Gasteiger partial charge in [0.25, 0.3) is 0 Å². The SMILES string of the molecule is COCCCN1CCOc2ccc(COC3CCC(c4ccc(COC[C@@H](C)COC)cc4)N(C(=O)OCc4ccccc4)C3)cc21. The van der Waals surface area contributed by atoms with Crippen LogP contribution in [-0.2, 0) is 43.5 Å². The molecule has 47 heavy (non-hydrogen) atoms. The Morgan fingerprint density at radius 1 is 0.894 bits per heavy atom. The minimum atomic E-state index is -0.329. The van der Waals surface area contributed by atoms with Gasteiger partial charge in [-0.25, -0.2) is 4.79 Å². The van der Waals surface area contributed by atoms with E-state index in [0.717, 1.165) is 72.6 Å². The second-order valence-corrected chi connectivity index (χ2v) is 12.5. The van der Waals surface area contributed by atoms with E-state index < -0.39 is 0 Å². The number of likely N-dealkylation sites (tertiary alicyclic amines) is 1. The van der Waals surface area contributed by atoms with Gasteiger partial charge in [-0.2, -0.15) is 0 Å². The molecule has 0 aromatic heterocycles. The summed E-state index contributed by atoms with van der Waals surface area (Å²) in [5.41, 5.74) is 5.32. The van der Waals surface area contributed by atoms with Crippen LogP contribution in [0.5, 0.6) is 5.75 Å². The van der Waals surface area contributed by atoms with Gasteiger partial charge in [-0.05, 0) is 53.6 Å². The normalized spacial score (nSPS) is 18.4. The molecule has 1 saturated heterocycles. The Labute approximate surface area is 279 Å². The number of amides is 1. The van der Waals surface area contributed by atoms with Crippen molar-refractivity contribution in [1.82, 2.24) is 4.90 Å². The van der Waals surface area contributed by atoms with E-state index in [4.69, 9.17) is 28.4 Å². The lowest BCUT2D eigenvalue weighted by atomic mass is 9.93. The van der Waals surface area contributed by atoms with E-state index in [-0.39, 0.29) is 24.8 Å². The topological polar surface area (TPSA) is 78.9 Å². The van der Waals surface area contributed by atoms with Crippen LogP contribution in [0.25, 0.3) is 0 Å². The molecule has 1 fully saturated rings. The van der Waals surface area contributed by atoms with Crippen LogP contribution in [0, 0.1) is 5.92 Å². The number of carbonyl (C=O) groups excluding carboxylic acids is 1. The lowest BCUT2D eigenvalue weighted by Gasteiger charge is -2.39. The second-order valence-electron chi connectivity index (χ2n) is 12.5. The minimum absolute atomic E-state index is 0.101. The van der Waals surface area contributed by atoms with E-state index in [2.05, 4.69) is 48.2 Å². The fourth-order valence-corrected chi connectivity index (χ4v) is 6.22. The largest absolute Gasteiger partial charge is 0.490 e. The maximum atomic E-state index is 13.6. The van der Waals surface area contributed by atoms with Crippen LogP contribution in [0.2, 0.25) is 0 Å². The van der Waals surface area contributed by atoms with Crippen molar-refractivity contribution in [3.63, 3.8) is 0 Å². The van der Waals surface area contributed by atoms with E-state index >= 15 is 0 Å². The minimum Gasteiger partial charge on any atom is -0.490 e. The predicted octanol–water partition coefficient (Wildman–Crippen LogP) is 6.78. The van der Waals surface area contributed by atoms with Gasteiger partial charge >= 0.3 is 6.09 Å². The van der Waals surface area contributed by atoms with Gasteiger partial charge in [0.05, 0.1) is 57.4 Å². The van der Waals surface area contributed by atoms with Gasteiger partial charge < -0.3 is 33.3 Å². The molecule has 9 nitrogen and oxygen atoms in total. The van der Waals surface area contributed by atoms with E-state index in [9.17, 15) is 4.79 Å².